The first-order valence-electron chi connectivity index (χ1n) is 5.55. The number of amides is 1. The van der Waals surface area contributed by atoms with Crippen LogP contribution in [0.3, 0.4) is 0 Å². The van der Waals surface area contributed by atoms with E-state index in [1.807, 2.05) is 0 Å². The molecule has 2 atom stereocenters. The molecule has 0 aromatic rings. The fourth-order valence-corrected chi connectivity index (χ4v) is 1.25. The first-order chi connectivity index (χ1) is 7.65. The molecule has 1 amide bonds. The van der Waals surface area contributed by atoms with E-state index in [0.717, 1.165) is 0 Å². The maximum absolute atomic E-state index is 11.4. The normalized spacial score (nSPS) is 14.9. The van der Waals surface area contributed by atoms with E-state index in [9.17, 15) is 14.7 Å². The molecule has 6 heteroatoms. The topological polar surface area (TPSA) is 95.9 Å². The lowest BCUT2D eigenvalue weighted by molar-refractivity contribution is -0.139. The number of nitrogens with one attached hydrogen (secondary N) is 1. The van der Waals surface area contributed by atoms with Crippen molar-refractivity contribution in [2.75, 3.05) is 0 Å². The summed E-state index contributed by atoms with van der Waals surface area (Å²) in [4.78, 5) is 21.9. The van der Waals surface area contributed by atoms with Crippen molar-refractivity contribution < 1.29 is 24.5 Å². The van der Waals surface area contributed by atoms with Gasteiger partial charge in [-0.2, -0.15) is 0 Å². The summed E-state index contributed by atoms with van der Waals surface area (Å²) in [6.45, 7) is 6.91. The van der Waals surface area contributed by atoms with Gasteiger partial charge in [0.05, 0.1) is 18.6 Å². The van der Waals surface area contributed by atoms with E-state index in [0.29, 0.717) is 6.42 Å². The predicted molar refractivity (Wildman–Crippen MR) is 61.7 cm³/mol. The van der Waals surface area contributed by atoms with Gasteiger partial charge in [-0.15, -0.1) is 0 Å². The Kier molecular flexibility index (Phi) is 5.95. The Hall–Kier alpha value is -1.30. The number of carbonyl (C=O) groups is 2. The van der Waals surface area contributed by atoms with Crippen LogP contribution in [0.2, 0.25) is 0 Å². The summed E-state index contributed by atoms with van der Waals surface area (Å²) in [5.41, 5.74) is -0.625. The summed E-state index contributed by atoms with van der Waals surface area (Å²) in [7, 11) is 0. The zero-order valence-electron chi connectivity index (χ0n) is 10.7. The summed E-state index contributed by atoms with van der Waals surface area (Å²) < 4.78 is 5.02. The minimum atomic E-state index is -1.12. The van der Waals surface area contributed by atoms with Gasteiger partial charge in [0.2, 0.25) is 0 Å². The van der Waals surface area contributed by atoms with Crippen molar-refractivity contribution in [2.45, 2.75) is 58.3 Å². The highest BCUT2D eigenvalue weighted by atomic mass is 16.6. The number of ether oxygens (including phenoxy) is 1. The molecule has 0 spiro atoms. The molecule has 0 unspecified atom stereocenters. The van der Waals surface area contributed by atoms with E-state index >= 15 is 0 Å². The number of carbonyl (C=O) groups excluding carboxylic acids is 1. The molecule has 0 aliphatic carbocycles. The van der Waals surface area contributed by atoms with E-state index < -0.39 is 36.2 Å². The van der Waals surface area contributed by atoms with Gasteiger partial charge in [0.25, 0.3) is 0 Å². The number of carboxylic acid groups (broad SMARTS) is 1. The summed E-state index contributed by atoms with van der Waals surface area (Å²) in [6, 6.07) is -0.624. The van der Waals surface area contributed by atoms with Gasteiger partial charge >= 0.3 is 12.1 Å². The van der Waals surface area contributed by atoms with Crippen molar-refractivity contribution in [3.8, 4) is 0 Å². The van der Waals surface area contributed by atoms with Gasteiger partial charge in [-0.1, -0.05) is 6.92 Å². The average Bonchev–Trinajstić information content (AvgIpc) is 2.09. The Bertz CT molecular complexity index is 272. The lowest BCUT2D eigenvalue weighted by Gasteiger charge is -2.25. The number of aliphatic hydroxyl groups excluding tert-OH is 1. The average molecular weight is 247 g/mol. The third-order valence-electron chi connectivity index (χ3n) is 1.99. The molecule has 0 heterocycles. The lowest BCUT2D eigenvalue weighted by atomic mass is 10.1. The molecule has 0 rings (SSSR count). The molecule has 0 aromatic carbocycles. The van der Waals surface area contributed by atoms with Crippen LogP contribution in [0, 0.1) is 0 Å². The number of hydrogen-bond donors (Lipinski definition) is 3. The molecule has 0 radical (unpaired) electrons. The zero-order valence-corrected chi connectivity index (χ0v) is 10.7. The number of rotatable bonds is 5. The van der Waals surface area contributed by atoms with Crippen LogP contribution in [-0.2, 0) is 9.53 Å². The Morgan fingerprint density at radius 3 is 2.24 bits per heavy atom. The number of aliphatic carboxylic acids is 1. The third kappa shape index (κ3) is 7.57. The Morgan fingerprint density at radius 1 is 1.35 bits per heavy atom. The molecule has 0 aliphatic rings. The van der Waals surface area contributed by atoms with E-state index in [4.69, 9.17) is 9.84 Å². The van der Waals surface area contributed by atoms with Crippen molar-refractivity contribution >= 4 is 12.1 Å². The summed E-state index contributed by atoms with van der Waals surface area (Å²) in [5, 5.41) is 20.6. The van der Waals surface area contributed by atoms with E-state index in [-0.39, 0.29) is 0 Å². The maximum Gasteiger partial charge on any atom is 0.407 e. The second-order valence-electron chi connectivity index (χ2n) is 4.83. The highest BCUT2D eigenvalue weighted by Gasteiger charge is 2.24. The second-order valence-corrected chi connectivity index (χ2v) is 4.83. The van der Waals surface area contributed by atoms with Crippen LogP contribution in [0.25, 0.3) is 0 Å². The molecule has 17 heavy (non-hydrogen) atoms. The molecule has 0 saturated carbocycles. The molecular weight excluding hydrogens is 226 g/mol. The first kappa shape index (κ1) is 15.7. The first-order valence-corrected chi connectivity index (χ1v) is 5.55. The molecule has 3 N–H and O–H groups in total. The standard InChI is InChI=1S/C11H21NO5/c1-5-7(8(13)6-9(14)15)12-10(16)17-11(2,3)4/h7-8,13H,5-6H2,1-4H3,(H,12,16)(H,14,15)/t7-,8+/m0/s1. The van der Waals surface area contributed by atoms with Gasteiger partial charge in [-0.25, -0.2) is 4.79 Å². The molecular formula is C11H21NO5. The number of hydrogen-bond acceptors (Lipinski definition) is 4. The summed E-state index contributed by atoms with van der Waals surface area (Å²) >= 11 is 0. The van der Waals surface area contributed by atoms with Crippen LogP contribution in [0.15, 0.2) is 0 Å². The minimum Gasteiger partial charge on any atom is -0.481 e. The van der Waals surface area contributed by atoms with Gasteiger partial charge in [0, 0.05) is 0 Å². The van der Waals surface area contributed by atoms with Gasteiger partial charge in [0.15, 0.2) is 0 Å². The Morgan fingerprint density at radius 2 is 1.88 bits per heavy atom. The Balaban J connectivity index is 4.30. The fourth-order valence-electron chi connectivity index (χ4n) is 1.25. The third-order valence-corrected chi connectivity index (χ3v) is 1.99. The summed E-state index contributed by atoms with van der Waals surface area (Å²) in [5.74, 6) is -1.11. The molecule has 6 nitrogen and oxygen atoms in total. The SMILES string of the molecule is CC[C@H](NC(=O)OC(C)(C)C)[C@H](O)CC(=O)O. The molecule has 0 aliphatic heterocycles. The highest BCUT2D eigenvalue weighted by Crippen LogP contribution is 2.09. The van der Waals surface area contributed by atoms with Crippen LogP contribution < -0.4 is 5.32 Å². The zero-order chi connectivity index (χ0) is 13.6. The fraction of sp³-hybridized carbons (Fsp3) is 0.818. The molecule has 0 fully saturated rings. The van der Waals surface area contributed by atoms with Crippen LogP contribution in [0.4, 0.5) is 4.79 Å². The van der Waals surface area contributed by atoms with E-state index in [2.05, 4.69) is 5.32 Å². The van der Waals surface area contributed by atoms with Gasteiger partial charge in [-0.3, -0.25) is 4.79 Å². The van der Waals surface area contributed by atoms with Crippen molar-refractivity contribution in [1.29, 1.82) is 0 Å². The molecule has 0 saturated heterocycles. The van der Waals surface area contributed by atoms with Crippen LogP contribution in [0.1, 0.15) is 40.5 Å². The molecule has 100 valence electrons. The molecule has 0 aromatic heterocycles. The number of aliphatic hydroxyl groups is 1. The van der Waals surface area contributed by atoms with Gasteiger partial charge in [0.1, 0.15) is 5.60 Å². The highest BCUT2D eigenvalue weighted by molar-refractivity contribution is 5.69. The largest absolute Gasteiger partial charge is 0.481 e. The van der Waals surface area contributed by atoms with Gasteiger partial charge < -0.3 is 20.3 Å². The minimum absolute atomic E-state index is 0.408. The second kappa shape index (κ2) is 6.44. The van der Waals surface area contributed by atoms with Crippen LogP contribution in [-0.4, -0.2) is 40.0 Å². The van der Waals surface area contributed by atoms with Crippen molar-refractivity contribution in [1.82, 2.24) is 5.32 Å². The smallest absolute Gasteiger partial charge is 0.407 e. The maximum atomic E-state index is 11.4. The number of carboxylic acids is 1. The quantitative estimate of drug-likeness (QED) is 0.676. The predicted octanol–water partition coefficient (Wildman–Crippen LogP) is 1.13. The van der Waals surface area contributed by atoms with Crippen LogP contribution >= 0.6 is 0 Å². The summed E-state index contributed by atoms with van der Waals surface area (Å²) in [6.07, 6.45) is -1.76. The monoisotopic (exact) mass is 247 g/mol. The van der Waals surface area contributed by atoms with Crippen LogP contribution in [0.5, 0.6) is 0 Å². The molecule has 0 bridgehead atoms. The Labute approximate surface area is 101 Å². The van der Waals surface area contributed by atoms with E-state index in [1.54, 1.807) is 27.7 Å². The van der Waals surface area contributed by atoms with Crippen molar-refractivity contribution in [2.24, 2.45) is 0 Å². The van der Waals surface area contributed by atoms with Crippen molar-refractivity contribution in [3.05, 3.63) is 0 Å². The van der Waals surface area contributed by atoms with Gasteiger partial charge in [-0.05, 0) is 27.2 Å². The van der Waals surface area contributed by atoms with Crippen molar-refractivity contribution in [3.63, 3.8) is 0 Å². The lowest BCUT2D eigenvalue weighted by Crippen LogP contribution is -2.45. The number of alkyl carbamates (subject to hydrolysis) is 1. The van der Waals surface area contributed by atoms with E-state index in [1.165, 1.54) is 0 Å².